The molecule has 0 fully saturated rings. The molecule has 0 unspecified atom stereocenters. The van der Waals surface area contributed by atoms with Gasteiger partial charge in [0.05, 0.1) is 60.4 Å². The summed E-state index contributed by atoms with van der Waals surface area (Å²) in [7, 11) is -3.27. The van der Waals surface area contributed by atoms with Crippen LogP contribution in [0.15, 0.2) is 80.4 Å². The van der Waals surface area contributed by atoms with Crippen LogP contribution < -0.4 is 31.7 Å². The number of H-pyrrole nitrogens is 1. The fraction of sp³-hybridized carbons (Fsp3) is 0.231. The maximum Gasteiger partial charge on any atom is 0.437 e. The van der Waals surface area contributed by atoms with Crippen LogP contribution in [0.1, 0.15) is 45.0 Å². The number of rotatable bonds is 11. The first-order valence-electron chi connectivity index (χ1n) is 18.8. The molecule has 0 radical (unpaired) electrons. The molecular weight excluding hydrogens is 1070 g/mol. The van der Waals surface area contributed by atoms with Crippen LogP contribution in [-0.4, -0.2) is 52.4 Å². The Kier molecular flexibility index (Phi) is 16.2. The zero-order chi connectivity index (χ0) is 53.9. The second-order valence-electron chi connectivity index (χ2n) is 14.4. The molecule has 0 saturated heterocycles. The number of hydrogen-bond donors (Lipinski definition) is 1. The van der Waals surface area contributed by atoms with E-state index in [1.807, 2.05) is 0 Å². The largest absolute Gasteiger partial charge is 0.449 e. The van der Waals surface area contributed by atoms with Gasteiger partial charge < -0.3 is 14.0 Å². The van der Waals surface area contributed by atoms with Gasteiger partial charge in [0.25, 0.3) is 22.2 Å². The highest BCUT2D eigenvalue weighted by atomic mass is 35.5. The van der Waals surface area contributed by atoms with Crippen molar-refractivity contribution in [2.24, 2.45) is 0 Å². The lowest BCUT2D eigenvalue weighted by atomic mass is 10.2. The summed E-state index contributed by atoms with van der Waals surface area (Å²) in [6.45, 7) is -0.329. The van der Waals surface area contributed by atoms with Gasteiger partial charge in [-0.2, -0.15) is 73.4 Å². The molecule has 2 aromatic carbocycles. The number of nitrogens with zero attached hydrogens (tertiary/aromatic N) is 9. The molecule has 4 aromatic heterocycles. The third-order valence-corrected chi connectivity index (χ3v) is 9.79. The maximum absolute atomic E-state index is 13.6. The minimum Gasteiger partial charge on any atom is -0.449 e. The predicted octanol–water partition coefficient (Wildman–Crippen LogP) is 8.44. The highest BCUT2D eigenvalue weighted by molar-refractivity contribution is 7.57. The Bertz CT molecular complexity index is 3450. The molecule has 0 saturated carbocycles. The first-order valence-corrected chi connectivity index (χ1v) is 22.1. The molecule has 0 aliphatic carbocycles. The Balaban J connectivity index is 0.000000271. The van der Waals surface area contributed by atoms with Gasteiger partial charge in [-0.1, -0.05) is 23.2 Å². The minimum atomic E-state index is -5.19. The third kappa shape index (κ3) is 14.1. The smallest absolute Gasteiger partial charge is 0.437 e. The van der Waals surface area contributed by atoms with Gasteiger partial charge in [0.1, 0.15) is 29.4 Å². The van der Waals surface area contributed by atoms with E-state index in [0.29, 0.717) is 33.9 Å². The first-order chi connectivity index (χ1) is 33.2. The maximum atomic E-state index is 13.6. The monoisotopic (exact) mass is 1090 g/mol. The van der Waals surface area contributed by atoms with Gasteiger partial charge in [-0.05, 0) is 48.5 Å². The molecular formula is C39H23Cl2F12N10O8P. The number of halogens is 14. The van der Waals surface area contributed by atoms with Gasteiger partial charge in [-0.25, -0.2) is 19.7 Å². The number of hydrogen-bond acceptors (Lipinski definition) is 14. The number of benzene rings is 2. The number of aromatic amines is 1. The van der Waals surface area contributed by atoms with Crippen LogP contribution in [0.25, 0.3) is 0 Å². The van der Waals surface area contributed by atoms with Crippen LogP contribution in [0.4, 0.5) is 52.7 Å². The predicted molar refractivity (Wildman–Crippen MR) is 222 cm³/mol. The molecule has 6 aromatic rings. The Labute approximate surface area is 401 Å². The zero-order valence-corrected chi connectivity index (χ0v) is 37.8. The molecule has 0 aliphatic heterocycles. The van der Waals surface area contributed by atoms with Crippen molar-refractivity contribution in [3.63, 3.8) is 0 Å². The van der Waals surface area contributed by atoms with Gasteiger partial charge in [0, 0.05) is 23.4 Å². The molecule has 1 N–H and O–H groups in total. The van der Waals surface area contributed by atoms with Gasteiger partial charge in [-0.3, -0.25) is 32.9 Å². The molecule has 33 heteroatoms. The quantitative estimate of drug-likeness (QED) is 0.0946. The lowest BCUT2D eigenvalue weighted by Crippen LogP contribution is -2.33. The van der Waals surface area contributed by atoms with Gasteiger partial charge >= 0.3 is 24.7 Å². The second kappa shape index (κ2) is 21.1. The normalized spacial score (nSPS) is 12.1. The summed E-state index contributed by atoms with van der Waals surface area (Å²) in [5, 5.41) is 26.5. The molecule has 0 atom stereocenters. The summed E-state index contributed by atoms with van der Waals surface area (Å²) < 4.78 is 188. The van der Waals surface area contributed by atoms with Crippen LogP contribution in [0.3, 0.4) is 0 Å². The lowest BCUT2D eigenvalue weighted by molar-refractivity contribution is -0.143. The average Bonchev–Trinajstić information content (AvgIpc) is 3.25. The topological polar surface area (TPSA) is 243 Å². The molecule has 6 rings (SSSR count). The number of aromatic nitrogens is 8. The summed E-state index contributed by atoms with van der Waals surface area (Å²) in [6, 6.07) is 10.5. The van der Waals surface area contributed by atoms with Crippen LogP contribution >= 0.6 is 30.6 Å². The number of nitriles is 2. The van der Waals surface area contributed by atoms with Crippen molar-refractivity contribution in [3.8, 4) is 35.1 Å². The van der Waals surface area contributed by atoms with E-state index in [-0.39, 0.29) is 31.6 Å². The standard InChI is InChI=1S/C21H15ClF6N5O5P.C18H8ClF6N5O3/c1-39(2,36)37-10-33-18(34)15(20(23,24)25)6-13(31-33)8-32-9-30-17(21(26,27)28)16(19(32)35)38-14-4-11(7-29)3-12(22)5-14;19-9-1-8(5-26)2-11(3-9)33-13-14(18(23,24)25)27-7-30(16(13)32)6-10-4-12(17(20,21)22)15(31)29-28-10/h3-6,9H,8,10H2,1-2H3;1-4,7H,6H2,(H,29,31). The van der Waals surface area contributed by atoms with Crippen molar-refractivity contribution >= 4 is 30.6 Å². The molecule has 18 nitrogen and oxygen atoms in total. The molecule has 0 amide bonds. The second-order valence-corrected chi connectivity index (χ2v) is 18.1. The third-order valence-electron chi connectivity index (χ3n) is 8.62. The molecule has 0 spiro atoms. The van der Waals surface area contributed by atoms with Crippen LogP contribution in [0, 0.1) is 22.7 Å². The first kappa shape index (κ1) is 55.4. The van der Waals surface area contributed by atoms with Crippen molar-refractivity contribution in [1.82, 2.24) is 39.1 Å². The average molecular weight is 1090 g/mol. The minimum absolute atomic E-state index is 0.0704. The Morgan fingerprint density at radius 2 is 1.06 bits per heavy atom. The zero-order valence-electron chi connectivity index (χ0n) is 35.4. The van der Waals surface area contributed by atoms with Crippen molar-refractivity contribution in [2.75, 3.05) is 13.3 Å². The highest BCUT2D eigenvalue weighted by Crippen LogP contribution is 2.39. The molecule has 0 aliphatic rings. The molecule has 4 heterocycles. The fourth-order valence-electron chi connectivity index (χ4n) is 5.61. The summed E-state index contributed by atoms with van der Waals surface area (Å²) >= 11 is 11.6. The summed E-state index contributed by atoms with van der Waals surface area (Å²) in [5.41, 5.74) is -14.2. The fourth-order valence-corrected chi connectivity index (χ4v) is 6.45. The molecule has 72 heavy (non-hydrogen) atoms. The van der Waals surface area contributed by atoms with E-state index in [2.05, 4.69) is 20.2 Å². The van der Waals surface area contributed by atoms with Crippen LogP contribution in [0.2, 0.25) is 10.0 Å². The van der Waals surface area contributed by atoms with Crippen LogP contribution in [0.5, 0.6) is 23.0 Å². The van der Waals surface area contributed by atoms with Crippen molar-refractivity contribution in [2.45, 2.75) is 44.5 Å². The number of alkyl halides is 12. The number of ether oxygens (including phenoxy) is 2. The van der Waals surface area contributed by atoms with Crippen molar-refractivity contribution in [1.29, 1.82) is 10.5 Å². The van der Waals surface area contributed by atoms with E-state index in [9.17, 15) is 76.4 Å². The Morgan fingerprint density at radius 1 is 0.625 bits per heavy atom. The van der Waals surface area contributed by atoms with E-state index in [1.54, 1.807) is 17.2 Å². The van der Waals surface area contributed by atoms with Gasteiger partial charge in [0.15, 0.2) is 18.8 Å². The van der Waals surface area contributed by atoms with E-state index < -0.39 is 125 Å². The van der Waals surface area contributed by atoms with Crippen molar-refractivity contribution < 1.29 is 71.2 Å². The molecule has 380 valence electrons. The van der Waals surface area contributed by atoms with Gasteiger partial charge in [-0.15, -0.1) is 0 Å². The summed E-state index contributed by atoms with van der Waals surface area (Å²) in [5.74, 6) is -3.48. The van der Waals surface area contributed by atoms with Crippen LogP contribution in [-0.2, 0) is 53.6 Å². The van der Waals surface area contributed by atoms with Gasteiger partial charge in [0.2, 0.25) is 11.5 Å². The summed E-state index contributed by atoms with van der Waals surface area (Å²) in [4.78, 5) is 55.6. The Hall–Kier alpha value is -7.53. The van der Waals surface area contributed by atoms with E-state index >= 15 is 0 Å². The SMILES string of the molecule is CP(C)(=O)OCn1nc(Cn2cnc(C(F)(F)F)c(Oc3cc(Cl)cc(C#N)c3)c2=O)cc(C(F)(F)F)c1=O.N#Cc1cc(Cl)cc(Oc2c(C(F)(F)F)ncn(Cc3cc(C(F)(F)F)c(=O)[nH]n3)c2=O)c1. The van der Waals surface area contributed by atoms with E-state index in [1.165, 1.54) is 12.1 Å². The highest BCUT2D eigenvalue weighted by Gasteiger charge is 2.41. The lowest BCUT2D eigenvalue weighted by Gasteiger charge is -2.16. The van der Waals surface area contributed by atoms with E-state index in [4.69, 9.17) is 47.7 Å². The van der Waals surface area contributed by atoms with E-state index in [0.717, 1.165) is 37.6 Å². The number of nitrogens with one attached hydrogen (secondary N) is 1. The summed E-state index contributed by atoms with van der Waals surface area (Å²) in [6.07, 6.45) is -19.7. The van der Waals surface area contributed by atoms with Crippen molar-refractivity contribution in [3.05, 3.63) is 158 Å². The Morgan fingerprint density at radius 3 is 1.46 bits per heavy atom. The molecule has 0 bridgehead atoms.